The summed E-state index contributed by atoms with van der Waals surface area (Å²) in [6.07, 6.45) is 1.41. The van der Waals surface area contributed by atoms with Gasteiger partial charge in [0.1, 0.15) is 11.4 Å². The van der Waals surface area contributed by atoms with E-state index in [1.165, 1.54) is 6.20 Å². The zero-order chi connectivity index (χ0) is 10.7. The molecular weight excluding hydrogens is 212 g/mol. The Morgan fingerprint density at radius 3 is 3.13 bits per heavy atom. The number of hydrogen-bond acceptors (Lipinski definition) is 4. The van der Waals surface area contributed by atoms with Crippen LogP contribution in [0.1, 0.15) is 15.9 Å². The Bertz CT molecular complexity index is 448. The number of aromatic amines is 1. The van der Waals surface area contributed by atoms with Crippen molar-refractivity contribution in [1.29, 1.82) is 0 Å². The standard InChI is InChI=1S/C9H10N4OS/c10-8-7(4-12-13-8)9(14)11-3-6-1-2-15-5-6/h1-2,4-5H,3H2,(H,11,14)(H3,10,12,13). The monoisotopic (exact) mass is 222 g/mol. The Labute approximate surface area is 90.3 Å². The fraction of sp³-hybridized carbons (Fsp3) is 0.111. The number of hydrogen-bond donors (Lipinski definition) is 3. The molecule has 0 fully saturated rings. The van der Waals surface area contributed by atoms with Crippen molar-refractivity contribution in [3.63, 3.8) is 0 Å². The quantitative estimate of drug-likeness (QED) is 0.724. The highest BCUT2D eigenvalue weighted by atomic mass is 32.1. The van der Waals surface area contributed by atoms with Crippen molar-refractivity contribution < 1.29 is 4.79 Å². The molecule has 0 aliphatic heterocycles. The second kappa shape index (κ2) is 4.14. The molecule has 0 unspecified atom stereocenters. The third kappa shape index (κ3) is 2.16. The van der Waals surface area contributed by atoms with Crippen LogP contribution >= 0.6 is 11.3 Å². The molecule has 0 atom stereocenters. The number of carbonyl (C=O) groups is 1. The minimum Gasteiger partial charge on any atom is -0.383 e. The van der Waals surface area contributed by atoms with Gasteiger partial charge in [-0.1, -0.05) is 0 Å². The number of thiophene rings is 1. The summed E-state index contributed by atoms with van der Waals surface area (Å²) in [5.74, 6) is 0.0743. The van der Waals surface area contributed by atoms with E-state index >= 15 is 0 Å². The van der Waals surface area contributed by atoms with E-state index in [0.717, 1.165) is 5.56 Å². The largest absolute Gasteiger partial charge is 0.383 e. The minimum atomic E-state index is -0.215. The van der Waals surface area contributed by atoms with E-state index in [2.05, 4.69) is 15.5 Å². The van der Waals surface area contributed by atoms with E-state index < -0.39 is 0 Å². The number of rotatable bonds is 3. The molecule has 2 aromatic heterocycles. The first-order valence-corrected chi connectivity index (χ1v) is 5.30. The van der Waals surface area contributed by atoms with Crippen LogP contribution in [0.15, 0.2) is 23.0 Å². The minimum absolute atomic E-state index is 0.215. The van der Waals surface area contributed by atoms with Crippen molar-refractivity contribution in [3.05, 3.63) is 34.2 Å². The molecular formula is C9H10N4OS. The first-order valence-electron chi connectivity index (χ1n) is 4.35. The first kappa shape index (κ1) is 9.72. The Kier molecular flexibility index (Phi) is 2.68. The van der Waals surface area contributed by atoms with Crippen molar-refractivity contribution >= 4 is 23.1 Å². The molecule has 4 N–H and O–H groups in total. The van der Waals surface area contributed by atoms with Gasteiger partial charge in [0.25, 0.3) is 5.91 Å². The van der Waals surface area contributed by atoms with Gasteiger partial charge in [-0.05, 0) is 22.4 Å². The summed E-state index contributed by atoms with van der Waals surface area (Å²) in [4.78, 5) is 11.6. The van der Waals surface area contributed by atoms with Gasteiger partial charge in [0, 0.05) is 6.54 Å². The lowest BCUT2D eigenvalue weighted by Gasteiger charge is -2.01. The van der Waals surface area contributed by atoms with Crippen LogP contribution in [0.2, 0.25) is 0 Å². The van der Waals surface area contributed by atoms with E-state index in [1.54, 1.807) is 11.3 Å². The zero-order valence-electron chi connectivity index (χ0n) is 7.86. The SMILES string of the molecule is Nc1[nH]ncc1C(=O)NCc1ccsc1. The smallest absolute Gasteiger partial charge is 0.256 e. The number of nitrogens with one attached hydrogen (secondary N) is 2. The molecule has 0 radical (unpaired) electrons. The molecule has 78 valence electrons. The van der Waals surface area contributed by atoms with Gasteiger partial charge < -0.3 is 11.1 Å². The van der Waals surface area contributed by atoms with E-state index in [-0.39, 0.29) is 11.7 Å². The first-order chi connectivity index (χ1) is 7.27. The maximum Gasteiger partial charge on any atom is 0.256 e. The number of nitrogens with zero attached hydrogens (tertiary/aromatic N) is 1. The van der Waals surface area contributed by atoms with Crippen LogP contribution in [0.4, 0.5) is 5.82 Å². The Hall–Kier alpha value is -1.82. The summed E-state index contributed by atoms with van der Waals surface area (Å²) >= 11 is 1.60. The summed E-state index contributed by atoms with van der Waals surface area (Å²) in [7, 11) is 0. The Morgan fingerprint density at radius 1 is 1.67 bits per heavy atom. The summed E-state index contributed by atoms with van der Waals surface area (Å²) in [6, 6.07) is 1.96. The van der Waals surface area contributed by atoms with E-state index in [1.807, 2.05) is 16.8 Å². The van der Waals surface area contributed by atoms with E-state index in [9.17, 15) is 4.79 Å². The van der Waals surface area contributed by atoms with Crippen LogP contribution in [0, 0.1) is 0 Å². The van der Waals surface area contributed by atoms with Crippen molar-refractivity contribution in [3.8, 4) is 0 Å². The summed E-state index contributed by atoms with van der Waals surface area (Å²) in [5, 5.41) is 12.9. The number of aromatic nitrogens is 2. The van der Waals surface area contributed by atoms with Crippen LogP contribution in [0.5, 0.6) is 0 Å². The number of carbonyl (C=O) groups excluding carboxylic acids is 1. The highest BCUT2D eigenvalue weighted by Crippen LogP contribution is 2.08. The molecule has 0 saturated heterocycles. The summed E-state index contributed by atoms with van der Waals surface area (Å²) in [5.41, 5.74) is 6.97. The molecule has 0 aromatic carbocycles. The normalized spacial score (nSPS) is 10.1. The third-order valence-electron chi connectivity index (χ3n) is 1.95. The molecule has 2 rings (SSSR count). The Balaban J connectivity index is 1.96. The van der Waals surface area contributed by atoms with Gasteiger partial charge in [-0.15, -0.1) is 0 Å². The van der Waals surface area contributed by atoms with Crippen LogP contribution < -0.4 is 11.1 Å². The average molecular weight is 222 g/mol. The molecule has 0 saturated carbocycles. The van der Waals surface area contributed by atoms with Gasteiger partial charge in [-0.2, -0.15) is 16.4 Å². The predicted octanol–water partition coefficient (Wildman–Crippen LogP) is 0.983. The molecule has 1 amide bonds. The van der Waals surface area contributed by atoms with Crippen molar-refractivity contribution in [1.82, 2.24) is 15.5 Å². The zero-order valence-corrected chi connectivity index (χ0v) is 8.67. The van der Waals surface area contributed by atoms with Crippen molar-refractivity contribution in [2.24, 2.45) is 0 Å². The maximum atomic E-state index is 11.6. The molecule has 0 aliphatic rings. The number of H-pyrrole nitrogens is 1. The number of amides is 1. The molecule has 6 heteroatoms. The second-order valence-electron chi connectivity index (χ2n) is 3.01. The number of nitrogen functional groups attached to an aromatic ring is 1. The highest BCUT2D eigenvalue weighted by molar-refractivity contribution is 7.07. The van der Waals surface area contributed by atoms with Gasteiger partial charge >= 0.3 is 0 Å². The Morgan fingerprint density at radius 2 is 2.53 bits per heavy atom. The molecule has 0 aliphatic carbocycles. The van der Waals surface area contributed by atoms with Gasteiger partial charge in [0.05, 0.1) is 6.20 Å². The van der Waals surface area contributed by atoms with Crippen LogP contribution in [-0.4, -0.2) is 16.1 Å². The van der Waals surface area contributed by atoms with E-state index in [4.69, 9.17) is 5.73 Å². The topological polar surface area (TPSA) is 83.8 Å². The average Bonchev–Trinajstić information content (AvgIpc) is 2.84. The lowest BCUT2D eigenvalue weighted by Crippen LogP contribution is -2.22. The van der Waals surface area contributed by atoms with Gasteiger partial charge in [0.15, 0.2) is 0 Å². The van der Waals surface area contributed by atoms with Crippen LogP contribution in [0.25, 0.3) is 0 Å². The van der Waals surface area contributed by atoms with Crippen LogP contribution in [-0.2, 0) is 6.54 Å². The third-order valence-corrected chi connectivity index (χ3v) is 2.68. The predicted molar refractivity (Wildman–Crippen MR) is 58.5 cm³/mol. The number of anilines is 1. The molecule has 15 heavy (non-hydrogen) atoms. The molecule has 0 spiro atoms. The molecule has 2 heterocycles. The fourth-order valence-corrected chi connectivity index (χ4v) is 1.82. The van der Waals surface area contributed by atoms with Crippen molar-refractivity contribution in [2.45, 2.75) is 6.54 Å². The second-order valence-corrected chi connectivity index (χ2v) is 3.79. The lowest BCUT2D eigenvalue weighted by molar-refractivity contribution is 0.0952. The number of nitrogens with two attached hydrogens (primary N) is 1. The van der Waals surface area contributed by atoms with Gasteiger partial charge in [0.2, 0.25) is 0 Å². The summed E-state index contributed by atoms with van der Waals surface area (Å²) in [6.45, 7) is 0.507. The maximum absolute atomic E-state index is 11.6. The highest BCUT2D eigenvalue weighted by Gasteiger charge is 2.10. The van der Waals surface area contributed by atoms with E-state index in [0.29, 0.717) is 12.1 Å². The fourth-order valence-electron chi connectivity index (χ4n) is 1.15. The van der Waals surface area contributed by atoms with Gasteiger partial charge in [-0.3, -0.25) is 9.89 Å². The molecule has 0 bridgehead atoms. The molecule has 5 nitrogen and oxygen atoms in total. The lowest BCUT2D eigenvalue weighted by atomic mass is 10.3. The van der Waals surface area contributed by atoms with Gasteiger partial charge in [-0.25, -0.2) is 0 Å². The van der Waals surface area contributed by atoms with Crippen LogP contribution in [0.3, 0.4) is 0 Å². The van der Waals surface area contributed by atoms with Crippen molar-refractivity contribution in [2.75, 3.05) is 5.73 Å². The molecule has 2 aromatic rings. The summed E-state index contributed by atoms with van der Waals surface area (Å²) < 4.78 is 0.